The van der Waals surface area contributed by atoms with Crippen molar-refractivity contribution in [3.63, 3.8) is 0 Å². The second kappa shape index (κ2) is 13.3. The van der Waals surface area contributed by atoms with E-state index >= 15 is 0 Å². The molecule has 0 spiro atoms. The van der Waals surface area contributed by atoms with Gasteiger partial charge in [-0.1, -0.05) is 61.2 Å². The Kier molecular flexibility index (Phi) is 9.66. The smallest absolute Gasteiger partial charge is 0.367 e. The Hall–Kier alpha value is -4.07. The summed E-state index contributed by atoms with van der Waals surface area (Å²) in [5.41, 5.74) is 0.0695. The van der Waals surface area contributed by atoms with Crippen LogP contribution in [0.5, 0.6) is 0 Å². The van der Waals surface area contributed by atoms with Gasteiger partial charge in [-0.25, -0.2) is 13.2 Å². The van der Waals surface area contributed by atoms with E-state index in [-0.39, 0.29) is 22.9 Å². The SMILES string of the molecule is C=C(C)C(=O)OC1C2CC3C(OC(=O)C31)C2C(=O)OCC(F)(F)S(=O)(=O)[O-].c1ccc([S+](c2ccccc2)c2ccccc2)cc1. The first-order chi connectivity index (χ1) is 21.8. The lowest BCUT2D eigenvalue weighted by atomic mass is 9.80. The number of alkyl halides is 2. The molecular weight excluding hydrogens is 642 g/mol. The number of hydrogen-bond acceptors (Lipinski definition) is 9. The maximum Gasteiger partial charge on any atom is 0.367 e. The lowest BCUT2D eigenvalue weighted by Gasteiger charge is -2.30. The number of hydrogen-bond donors (Lipinski definition) is 0. The normalized spacial score (nSPS) is 24.5. The summed E-state index contributed by atoms with van der Waals surface area (Å²) in [4.78, 5) is 40.2. The van der Waals surface area contributed by atoms with Crippen LogP contribution < -0.4 is 0 Å². The van der Waals surface area contributed by atoms with E-state index in [2.05, 4.69) is 102 Å². The average molecular weight is 673 g/mol. The van der Waals surface area contributed by atoms with Crippen molar-refractivity contribution in [2.24, 2.45) is 23.7 Å². The number of ether oxygens (including phenoxy) is 3. The van der Waals surface area contributed by atoms with Crippen LogP contribution in [-0.4, -0.2) is 54.9 Å². The number of halogens is 2. The molecule has 2 saturated carbocycles. The van der Waals surface area contributed by atoms with Crippen molar-refractivity contribution in [2.45, 2.75) is 45.5 Å². The van der Waals surface area contributed by atoms with Gasteiger partial charge in [-0.05, 0) is 49.7 Å². The third-order valence-electron chi connectivity index (χ3n) is 8.09. The van der Waals surface area contributed by atoms with E-state index in [4.69, 9.17) is 9.47 Å². The van der Waals surface area contributed by atoms with Gasteiger partial charge in [0.2, 0.25) is 0 Å². The number of fused-ring (bicyclic) bond motifs is 1. The lowest BCUT2D eigenvalue weighted by Crippen LogP contribution is -2.44. The fourth-order valence-electron chi connectivity index (χ4n) is 6.08. The van der Waals surface area contributed by atoms with Crippen LogP contribution in [0.15, 0.2) is 118 Å². The molecule has 0 radical (unpaired) electrons. The molecule has 13 heteroatoms. The molecule has 1 heterocycles. The van der Waals surface area contributed by atoms with E-state index < -0.39 is 75.8 Å². The Labute approximate surface area is 267 Å². The lowest BCUT2D eigenvalue weighted by molar-refractivity contribution is -0.166. The topological polar surface area (TPSA) is 136 Å². The van der Waals surface area contributed by atoms with E-state index in [1.807, 2.05) is 0 Å². The molecule has 9 nitrogen and oxygen atoms in total. The van der Waals surface area contributed by atoms with Crippen LogP contribution in [0.3, 0.4) is 0 Å². The summed E-state index contributed by atoms with van der Waals surface area (Å²) >= 11 is 0. The molecule has 3 aromatic rings. The maximum absolute atomic E-state index is 13.2. The molecule has 2 aliphatic carbocycles. The molecule has 3 aromatic carbocycles. The van der Waals surface area contributed by atoms with E-state index in [9.17, 15) is 36.1 Å². The molecule has 0 aromatic heterocycles. The second-order valence-electron chi connectivity index (χ2n) is 11.1. The van der Waals surface area contributed by atoms with E-state index in [0.717, 1.165) is 0 Å². The zero-order valence-electron chi connectivity index (χ0n) is 24.5. The van der Waals surface area contributed by atoms with Gasteiger partial charge in [0, 0.05) is 17.4 Å². The zero-order valence-corrected chi connectivity index (χ0v) is 26.1. The molecule has 1 saturated heterocycles. The van der Waals surface area contributed by atoms with Gasteiger partial charge >= 0.3 is 23.2 Å². The Morgan fingerprint density at radius 2 is 1.41 bits per heavy atom. The van der Waals surface area contributed by atoms with Gasteiger partial charge in [0.05, 0.1) is 10.9 Å². The van der Waals surface area contributed by atoms with E-state index in [1.165, 1.54) is 21.6 Å². The van der Waals surface area contributed by atoms with E-state index in [1.54, 1.807) is 0 Å². The fourth-order valence-corrected chi connectivity index (χ4v) is 8.39. The number of carbonyl (C=O) groups is 3. The van der Waals surface area contributed by atoms with Crippen LogP contribution in [0.4, 0.5) is 8.78 Å². The first-order valence-electron chi connectivity index (χ1n) is 14.3. The van der Waals surface area contributed by atoms with Crippen LogP contribution in [-0.2, 0) is 49.6 Å². The molecular formula is C33H30F2O9S2. The summed E-state index contributed by atoms with van der Waals surface area (Å²) in [6, 6.07) is 32.2. The fraction of sp³-hybridized carbons (Fsp3) is 0.303. The highest BCUT2D eigenvalue weighted by Crippen LogP contribution is 2.58. The minimum atomic E-state index is -6.01. The highest BCUT2D eigenvalue weighted by Gasteiger charge is 2.70. The van der Waals surface area contributed by atoms with Gasteiger partial charge in [-0.3, -0.25) is 9.59 Å². The predicted octanol–water partition coefficient (Wildman–Crippen LogP) is 4.75. The van der Waals surface area contributed by atoms with E-state index in [0.29, 0.717) is 0 Å². The first-order valence-corrected chi connectivity index (χ1v) is 16.9. The molecule has 242 valence electrons. The second-order valence-corrected chi connectivity index (χ2v) is 14.6. The van der Waals surface area contributed by atoms with Crippen molar-refractivity contribution in [3.05, 3.63) is 103 Å². The maximum atomic E-state index is 13.2. The summed E-state index contributed by atoms with van der Waals surface area (Å²) in [5.74, 6) is -5.84. The van der Waals surface area contributed by atoms with Gasteiger partial charge < -0.3 is 18.8 Å². The Morgan fingerprint density at radius 1 is 0.935 bits per heavy atom. The van der Waals surface area contributed by atoms with Gasteiger partial charge in [-0.2, -0.15) is 8.78 Å². The third kappa shape index (κ3) is 6.72. The highest BCUT2D eigenvalue weighted by atomic mass is 32.2. The van der Waals surface area contributed by atoms with Crippen molar-refractivity contribution in [2.75, 3.05) is 6.61 Å². The largest absolute Gasteiger partial charge is 0.743 e. The standard InChI is InChI=1S/C18H15S.C15H16F2O9S/c1-4-10-16(11-5-1)19(17-12-6-2-7-13-17)18-14-8-3-9-15-18;1-5(2)12(18)25-11-6-3-7-9(11)14(20)26-10(7)8(6)13(19)24-4-15(16,17)27(21,22)23/h1-15H;6-11H,1,3-4H2,2H3,(H,21,22,23)/q+1;/p-1. The zero-order chi connectivity index (χ0) is 33.2. The summed E-state index contributed by atoms with van der Waals surface area (Å²) in [6.45, 7) is 2.86. The molecule has 0 N–H and O–H groups in total. The monoisotopic (exact) mass is 672 g/mol. The van der Waals surface area contributed by atoms with Crippen molar-refractivity contribution < 1.29 is 50.3 Å². The van der Waals surface area contributed by atoms with Gasteiger partial charge in [0.1, 0.15) is 24.0 Å². The van der Waals surface area contributed by atoms with Crippen molar-refractivity contribution >= 4 is 38.9 Å². The van der Waals surface area contributed by atoms with Crippen LogP contribution in [0.2, 0.25) is 0 Å². The minimum Gasteiger partial charge on any atom is -0.743 e. The Morgan fingerprint density at radius 3 is 1.85 bits per heavy atom. The first kappa shape index (κ1) is 33.3. The number of esters is 3. The van der Waals surface area contributed by atoms with Gasteiger partial charge in [0.25, 0.3) is 0 Å². The summed E-state index contributed by atoms with van der Waals surface area (Å²) < 4.78 is 72.6. The van der Waals surface area contributed by atoms with Crippen LogP contribution in [0.1, 0.15) is 13.3 Å². The average Bonchev–Trinajstić information content (AvgIpc) is 3.65. The number of carbonyl (C=O) groups excluding carboxylic acids is 3. The third-order valence-corrected chi connectivity index (χ3v) is 11.2. The van der Waals surface area contributed by atoms with Crippen LogP contribution in [0, 0.1) is 23.7 Å². The van der Waals surface area contributed by atoms with Crippen molar-refractivity contribution in [1.82, 2.24) is 0 Å². The number of rotatable bonds is 9. The summed E-state index contributed by atoms with van der Waals surface area (Å²) in [5, 5.41) is -4.79. The molecule has 6 rings (SSSR count). The van der Waals surface area contributed by atoms with Crippen LogP contribution >= 0.6 is 0 Å². The molecule has 2 bridgehead atoms. The minimum absolute atomic E-state index is 0.0146. The highest BCUT2D eigenvalue weighted by molar-refractivity contribution is 7.97. The number of benzene rings is 3. The van der Waals surface area contributed by atoms with Gasteiger partial charge in [0.15, 0.2) is 31.4 Å². The molecule has 1 aliphatic heterocycles. The molecule has 46 heavy (non-hydrogen) atoms. The molecule has 3 fully saturated rings. The van der Waals surface area contributed by atoms with Crippen molar-refractivity contribution in [1.29, 1.82) is 0 Å². The van der Waals surface area contributed by atoms with Gasteiger partial charge in [-0.15, -0.1) is 0 Å². The Balaban J connectivity index is 0.000000192. The summed E-state index contributed by atoms with van der Waals surface area (Å²) in [7, 11) is -6.03. The molecule has 6 atom stereocenters. The summed E-state index contributed by atoms with van der Waals surface area (Å²) in [6.07, 6.45) is -1.67. The quantitative estimate of drug-likeness (QED) is 0.104. The molecule has 6 unspecified atom stereocenters. The molecule has 3 aliphatic rings. The van der Waals surface area contributed by atoms with Crippen LogP contribution in [0.25, 0.3) is 0 Å². The predicted molar refractivity (Wildman–Crippen MR) is 160 cm³/mol. The van der Waals surface area contributed by atoms with Crippen molar-refractivity contribution in [3.8, 4) is 0 Å². The Bertz CT molecular complexity index is 1610. The molecule has 0 amide bonds.